The lowest BCUT2D eigenvalue weighted by Crippen LogP contribution is -2.46. The molecule has 4 aliphatic rings. The summed E-state index contributed by atoms with van der Waals surface area (Å²) in [5.41, 5.74) is 4.87. The number of aliphatic hydroxyl groups is 1. The van der Waals surface area contributed by atoms with Gasteiger partial charge in [-0.1, -0.05) is 40.2 Å². The number of rotatable bonds is 3. The van der Waals surface area contributed by atoms with E-state index in [2.05, 4.69) is 51.6 Å². The van der Waals surface area contributed by atoms with Crippen molar-refractivity contribution in [2.45, 2.75) is 45.1 Å². The Kier molecular flexibility index (Phi) is 5.30. The van der Waals surface area contributed by atoms with Crippen molar-refractivity contribution in [1.82, 2.24) is 5.32 Å². The van der Waals surface area contributed by atoms with Gasteiger partial charge in [-0.05, 0) is 73.9 Å². The molecule has 4 heteroatoms. The van der Waals surface area contributed by atoms with Crippen molar-refractivity contribution in [3.8, 4) is 0 Å². The number of carbonyl (C=O) groups excluding carboxylic acids is 1. The smallest absolute Gasteiger partial charge is 0.252 e. The van der Waals surface area contributed by atoms with Gasteiger partial charge in [0.05, 0.1) is 12.1 Å². The SMILES string of the molecule is CC(C)(CO)NC(=O)c1cc2ccc1CCc1ccc(cc1Br)CC2. The summed E-state index contributed by atoms with van der Waals surface area (Å²) in [4.78, 5) is 12.8. The van der Waals surface area contributed by atoms with Crippen LogP contribution in [0.2, 0.25) is 0 Å². The molecule has 0 saturated heterocycles. The molecule has 0 heterocycles. The van der Waals surface area contributed by atoms with Crippen LogP contribution < -0.4 is 5.32 Å². The minimum atomic E-state index is -0.631. The molecular weight excluding hydrogens is 378 g/mol. The molecular formula is C21H24BrNO2. The van der Waals surface area contributed by atoms with Gasteiger partial charge in [-0.25, -0.2) is 0 Å². The van der Waals surface area contributed by atoms with Gasteiger partial charge in [0.1, 0.15) is 0 Å². The maximum absolute atomic E-state index is 12.8. The molecule has 0 saturated carbocycles. The van der Waals surface area contributed by atoms with Crippen LogP contribution in [0.25, 0.3) is 0 Å². The topological polar surface area (TPSA) is 49.3 Å². The summed E-state index contributed by atoms with van der Waals surface area (Å²) in [7, 11) is 0. The first kappa shape index (κ1) is 18.2. The Balaban J connectivity index is 1.95. The lowest BCUT2D eigenvalue weighted by molar-refractivity contribution is 0.0868. The van der Waals surface area contributed by atoms with Crippen LogP contribution in [-0.4, -0.2) is 23.2 Å². The number of aryl methyl sites for hydroxylation is 4. The van der Waals surface area contributed by atoms with Crippen LogP contribution in [0.1, 0.15) is 46.5 Å². The van der Waals surface area contributed by atoms with Crippen molar-refractivity contribution < 1.29 is 9.90 Å². The fourth-order valence-electron chi connectivity index (χ4n) is 3.13. The number of hydrogen-bond donors (Lipinski definition) is 2. The summed E-state index contributed by atoms with van der Waals surface area (Å²) in [5.74, 6) is -0.110. The Morgan fingerprint density at radius 3 is 2.28 bits per heavy atom. The Labute approximate surface area is 157 Å². The van der Waals surface area contributed by atoms with Gasteiger partial charge >= 0.3 is 0 Å². The molecule has 2 aromatic rings. The normalized spacial score (nSPS) is 14.1. The highest BCUT2D eigenvalue weighted by atomic mass is 79.9. The van der Waals surface area contributed by atoms with E-state index in [9.17, 15) is 9.90 Å². The second-order valence-corrected chi connectivity index (χ2v) is 8.27. The van der Waals surface area contributed by atoms with Crippen LogP contribution in [0.3, 0.4) is 0 Å². The maximum Gasteiger partial charge on any atom is 0.252 e. The van der Waals surface area contributed by atoms with Gasteiger partial charge in [0.2, 0.25) is 0 Å². The molecule has 6 rings (SSSR count). The minimum absolute atomic E-state index is 0.0907. The predicted octanol–water partition coefficient (Wildman–Crippen LogP) is 3.83. The summed E-state index contributed by atoms with van der Waals surface area (Å²) >= 11 is 3.68. The third-order valence-electron chi connectivity index (χ3n) is 4.75. The predicted molar refractivity (Wildman–Crippen MR) is 104 cm³/mol. The number of benzene rings is 2. The van der Waals surface area contributed by atoms with Crippen molar-refractivity contribution in [1.29, 1.82) is 0 Å². The van der Waals surface area contributed by atoms with Crippen LogP contribution in [0.15, 0.2) is 40.9 Å². The van der Waals surface area contributed by atoms with E-state index >= 15 is 0 Å². The molecule has 0 aliphatic heterocycles. The second kappa shape index (κ2) is 7.30. The first-order valence-corrected chi connectivity index (χ1v) is 9.50. The first-order chi connectivity index (χ1) is 11.9. The van der Waals surface area contributed by atoms with E-state index in [4.69, 9.17) is 0 Å². The summed E-state index contributed by atoms with van der Waals surface area (Å²) in [6.07, 6.45) is 3.53. The molecule has 4 bridgehead atoms. The fraction of sp³-hybridized carbons (Fsp3) is 0.381. The molecule has 2 N–H and O–H groups in total. The molecule has 2 aromatic carbocycles. The molecule has 0 aromatic heterocycles. The molecule has 1 amide bonds. The van der Waals surface area contributed by atoms with E-state index < -0.39 is 5.54 Å². The zero-order chi connectivity index (χ0) is 18.0. The Morgan fingerprint density at radius 1 is 1.04 bits per heavy atom. The number of halogens is 1. The van der Waals surface area contributed by atoms with Crippen molar-refractivity contribution in [3.63, 3.8) is 0 Å². The van der Waals surface area contributed by atoms with Gasteiger partial charge in [0.15, 0.2) is 0 Å². The lowest BCUT2D eigenvalue weighted by atomic mass is 9.92. The third-order valence-corrected chi connectivity index (χ3v) is 5.49. The monoisotopic (exact) mass is 401 g/mol. The van der Waals surface area contributed by atoms with E-state index in [1.165, 1.54) is 11.1 Å². The van der Waals surface area contributed by atoms with Crippen molar-refractivity contribution in [3.05, 3.63) is 68.7 Å². The molecule has 0 atom stereocenters. The average molecular weight is 402 g/mol. The zero-order valence-corrected chi connectivity index (χ0v) is 16.3. The Hall–Kier alpha value is -1.65. The summed E-state index contributed by atoms with van der Waals surface area (Å²) in [5, 5.41) is 12.4. The second-order valence-electron chi connectivity index (χ2n) is 7.41. The number of amides is 1. The van der Waals surface area contributed by atoms with E-state index in [1.807, 2.05) is 19.9 Å². The number of carbonyl (C=O) groups is 1. The van der Waals surface area contributed by atoms with Gasteiger partial charge < -0.3 is 10.4 Å². The van der Waals surface area contributed by atoms with Crippen molar-refractivity contribution >= 4 is 21.8 Å². The molecule has 132 valence electrons. The van der Waals surface area contributed by atoms with Crippen LogP contribution in [0, 0.1) is 0 Å². The third kappa shape index (κ3) is 4.31. The largest absolute Gasteiger partial charge is 0.394 e. The van der Waals surface area contributed by atoms with E-state index in [1.54, 1.807) is 0 Å². The summed E-state index contributed by atoms with van der Waals surface area (Å²) in [6, 6.07) is 12.8. The van der Waals surface area contributed by atoms with E-state index in [-0.39, 0.29) is 12.5 Å². The molecule has 4 aliphatic carbocycles. The molecule has 0 radical (unpaired) electrons. The Morgan fingerprint density at radius 2 is 1.64 bits per heavy atom. The van der Waals surface area contributed by atoms with Crippen LogP contribution in [0.4, 0.5) is 0 Å². The highest BCUT2D eigenvalue weighted by molar-refractivity contribution is 9.10. The number of aliphatic hydroxyl groups excluding tert-OH is 1. The van der Waals surface area contributed by atoms with Crippen molar-refractivity contribution in [2.75, 3.05) is 6.61 Å². The van der Waals surface area contributed by atoms with Gasteiger partial charge in [0.25, 0.3) is 5.91 Å². The number of hydrogen-bond acceptors (Lipinski definition) is 2. The standard InChI is InChI=1S/C21H24BrNO2/c1-21(2,13-24)23-20(25)18-11-14-3-4-15-6-8-17(19(22)12-15)10-9-16(18)7-5-14/h5-8,11-12,24H,3-4,9-10,13H2,1-2H3,(H,23,25). The van der Waals surface area contributed by atoms with Gasteiger partial charge in [-0.15, -0.1) is 0 Å². The summed E-state index contributed by atoms with van der Waals surface area (Å²) < 4.78 is 1.15. The molecule has 25 heavy (non-hydrogen) atoms. The fourth-order valence-corrected chi connectivity index (χ4v) is 3.75. The average Bonchev–Trinajstić information content (AvgIpc) is 2.57. The maximum atomic E-state index is 12.8. The summed E-state index contributed by atoms with van der Waals surface area (Å²) in [6.45, 7) is 3.56. The van der Waals surface area contributed by atoms with E-state index in [0.29, 0.717) is 0 Å². The first-order valence-electron chi connectivity index (χ1n) is 8.70. The molecule has 0 unspecified atom stereocenters. The van der Waals surface area contributed by atoms with Gasteiger partial charge in [-0.2, -0.15) is 0 Å². The number of nitrogens with one attached hydrogen (secondary N) is 1. The molecule has 0 fully saturated rings. The molecule has 3 nitrogen and oxygen atoms in total. The van der Waals surface area contributed by atoms with Crippen LogP contribution in [-0.2, 0) is 25.7 Å². The highest BCUT2D eigenvalue weighted by Crippen LogP contribution is 2.25. The lowest BCUT2D eigenvalue weighted by Gasteiger charge is -2.24. The highest BCUT2D eigenvalue weighted by Gasteiger charge is 2.22. The molecule has 0 spiro atoms. The van der Waals surface area contributed by atoms with Gasteiger partial charge in [0, 0.05) is 10.0 Å². The van der Waals surface area contributed by atoms with Gasteiger partial charge in [-0.3, -0.25) is 4.79 Å². The quantitative estimate of drug-likeness (QED) is 0.820. The van der Waals surface area contributed by atoms with Crippen LogP contribution >= 0.6 is 15.9 Å². The van der Waals surface area contributed by atoms with Crippen molar-refractivity contribution in [2.24, 2.45) is 0 Å². The van der Waals surface area contributed by atoms with E-state index in [0.717, 1.165) is 46.8 Å². The zero-order valence-electron chi connectivity index (χ0n) is 14.7. The Bertz CT molecular complexity index is 798. The minimum Gasteiger partial charge on any atom is -0.394 e. The van der Waals surface area contributed by atoms with Crippen LogP contribution in [0.5, 0.6) is 0 Å².